The molecular weight excluding hydrogens is 216 g/mol. The maximum atomic E-state index is 11.6. The summed E-state index contributed by atoms with van der Waals surface area (Å²) in [4.78, 5) is 18.3. The summed E-state index contributed by atoms with van der Waals surface area (Å²) in [6.45, 7) is 2.29. The monoisotopic (exact) mass is 224 g/mol. The van der Waals surface area contributed by atoms with E-state index < -0.39 is 0 Å². The Morgan fingerprint density at radius 1 is 1.53 bits per heavy atom. The molecule has 2 aromatic rings. The topological polar surface area (TPSA) is 55.0 Å². The Morgan fingerprint density at radius 2 is 2.33 bits per heavy atom. The fourth-order valence-electron chi connectivity index (χ4n) is 1.29. The van der Waals surface area contributed by atoms with Gasteiger partial charge in [0.2, 0.25) is 0 Å². The number of H-pyrrole nitrogens is 1. The molecule has 0 spiro atoms. The second-order valence-electron chi connectivity index (χ2n) is 2.97. The van der Waals surface area contributed by atoms with Crippen LogP contribution in [0.25, 0.3) is 10.9 Å². The summed E-state index contributed by atoms with van der Waals surface area (Å²) in [6.07, 6.45) is 0. The minimum Gasteiger partial charge on any atom is -0.465 e. The average molecular weight is 225 g/mol. The van der Waals surface area contributed by atoms with Crippen LogP contribution in [-0.4, -0.2) is 16.6 Å². The Balaban J connectivity index is 2.67. The lowest BCUT2D eigenvalue weighted by Crippen LogP contribution is -2.10. The molecule has 2 rings (SSSR count). The Morgan fingerprint density at radius 3 is 3.07 bits per heavy atom. The maximum Gasteiger partial charge on any atom is 0.296 e. The molecule has 4 nitrogen and oxygen atoms in total. The fraction of sp³-hybridized carbons (Fsp3) is 0.200. The molecule has 0 amide bonds. The van der Waals surface area contributed by atoms with Crippen LogP contribution in [0.3, 0.4) is 0 Å². The van der Waals surface area contributed by atoms with Gasteiger partial charge in [0.15, 0.2) is 0 Å². The highest BCUT2D eigenvalue weighted by molar-refractivity contribution is 6.31. The highest BCUT2D eigenvalue weighted by Gasteiger charge is 2.04. The lowest BCUT2D eigenvalue weighted by molar-refractivity contribution is 0.313. The van der Waals surface area contributed by atoms with Crippen LogP contribution in [-0.2, 0) is 0 Å². The molecule has 15 heavy (non-hydrogen) atoms. The largest absolute Gasteiger partial charge is 0.465 e. The molecule has 0 aliphatic heterocycles. The van der Waals surface area contributed by atoms with Crippen molar-refractivity contribution < 1.29 is 4.74 Å². The molecule has 0 aliphatic rings. The van der Waals surface area contributed by atoms with E-state index in [2.05, 4.69) is 9.97 Å². The van der Waals surface area contributed by atoms with Gasteiger partial charge in [-0.25, -0.2) is 0 Å². The lowest BCUT2D eigenvalue weighted by atomic mass is 10.2. The SMILES string of the molecule is CCOc1nc2ccc(Cl)cc2c(=O)[nH]1. The van der Waals surface area contributed by atoms with Crippen LogP contribution < -0.4 is 10.3 Å². The van der Waals surface area contributed by atoms with Gasteiger partial charge in [0.25, 0.3) is 11.6 Å². The van der Waals surface area contributed by atoms with E-state index in [1.54, 1.807) is 18.2 Å². The van der Waals surface area contributed by atoms with Crippen LogP contribution >= 0.6 is 11.6 Å². The predicted molar refractivity (Wildman–Crippen MR) is 58.5 cm³/mol. The van der Waals surface area contributed by atoms with E-state index in [9.17, 15) is 4.79 Å². The minimum atomic E-state index is -0.244. The summed E-state index contributed by atoms with van der Waals surface area (Å²) in [5.74, 6) is 0. The molecule has 0 saturated carbocycles. The van der Waals surface area contributed by atoms with E-state index in [-0.39, 0.29) is 11.6 Å². The van der Waals surface area contributed by atoms with Crippen molar-refractivity contribution in [1.29, 1.82) is 0 Å². The van der Waals surface area contributed by atoms with Gasteiger partial charge in [0.1, 0.15) is 0 Å². The molecular formula is C10H9ClN2O2. The van der Waals surface area contributed by atoms with Gasteiger partial charge in [0, 0.05) is 5.02 Å². The number of nitrogens with one attached hydrogen (secondary N) is 1. The molecule has 0 unspecified atom stereocenters. The number of ether oxygens (including phenoxy) is 1. The Labute approximate surface area is 90.9 Å². The molecule has 0 bridgehead atoms. The summed E-state index contributed by atoms with van der Waals surface area (Å²) in [6, 6.07) is 5.19. The number of fused-ring (bicyclic) bond motifs is 1. The number of rotatable bonds is 2. The van der Waals surface area contributed by atoms with Gasteiger partial charge in [0.05, 0.1) is 17.5 Å². The van der Waals surface area contributed by atoms with Crippen LogP contribution in [0.4, 0.5) is 0 Å². The molecule has 0 aliphatic carbocycles. The van der Waals surface area contributed by atoms with Gasteiger partial charge in [-0.05, 0) is 25.1 Å². The third-order valence-electron chi connectivity index (χ3n) is 1.93. The van der Waals surface area contributed by atoms with E-state index in [0.717, 1.165) is 0 Å². The van der Waals surface area contributed by atoms with E-state index >= 15 is 0 Å². The standard InChI is InChI=1S/C10H9ClN2O2/c1-2-15-10-12-8-4-3-6(11)5-7(8)9(14)13-10/h3-5H,2H2,1H3,(H,12,13,14). The summed E-state index contributed by atoms with van der Waals surface area (Å²) in [7, 11) is 0. The fourth-order valence-corrected chi connectivity index (χ4v) is 1.47. The summed E-state index contributed by atoms with van der Waals surface area (Å²) >= 11 is 5.78. The Bertz CT molecular complexity index is 551. The minimum absolute atomic E-state index is 0.234. The second-order valence-corrected chi connectivity index (χ2v) is 3.40. The normalized spacial score (nSPS) is 10.5. The summed E-state index contributed by atoms with van der Waals surface area (Å²) in [5, 5.41) is 0.977. The van der Waals surface area contributed by atoms with Gasteiger partial charge < -0.3 is 4.74 Å². The quantitative estimate of drug-likeness (QED) is 0.849. The van der Waals surface area contributed by atoms with Crippen molar-refractivity contribution in [2.75, 3.05) is 6.61 Å². The molecule has 5 heteroatoms. The highest BCUT2D eigenvalue weighted by atomic mass is 35.5. The molecule has 0 saturated heterocycles. The zero-order valence-electron chi connectivity index (χ0n) is 8.08. The second kappa shape index (κ2) is 3.90. The van der Waals surface area contributed by atoms with Gasteiger partial charge in [-0.15, -0.1) is 0 Å². The molecule has 0 fully saturated rings. The van der Waals surface area contributed by atoms with Gasteiger partial charge >= 0.3 is 0 Å². The molecule has 0 radical (unpaired) electrons. The molecule has 78 valence electrons. The van der Waals surface area contributed by atoms with Crippen LogP contribution in [0, 0.1) is 0 Å². The maximum absolute atomic E-state index is 11.6. The van der Waals surface area contributed by atoms with Crippen molar-refractivity contribution in [3.05, 3.63) is 33.6 Å². The van der Waals surface area contributed by atoms with Crippen LogP contribution in [0.2, 0.25) is 5.02 Å². The number of aromatic amines is 1. The van der Waals surface area contributed by atoms with Crippen molar-refractivity contribution >= 4 is 22.5 Å². The van der Waals surface area contributed by atoms with Crippen LogP contribution in [0.15, 0.2) is 23.0 Å². The van der Waals surface area contributed by atoms with E-state index in [1.165, 1.54) is 0 Å². The smallest absolute Gasteiger partial charge is 0.296 e. The van der Waals surface area contributed by atoms with Crippen molar-refractivity contribution in [1.82, 2.24) is 9.97 Å². The van der Waals surface area contributed by atoms with Gasteiger partial charge in [-0.1, -0.05) is 11.6 Å². The summed E-state index contributed by atoms with van der Waals surface area (Å²) in [5.41, 5.74) is 0.331. The first-order valence-corrected chi connectivity index (χ1v) is 4.91. The lowest BCUT2D eigenvalue weighted by Gasteiger charge is -2.02. The number of halogens is 1. The van der Waals surface area contributed by atoms with Crippen molar-refractivity contribution in [2.24, 2.45) is 0 Å². The summed E-state index contributed by atoms with van der Waals surface area (Å²) < 4.78 is 5.13. The number of nitrogens with zero attached hydrogens (tertiary/aromatic N) is 1. The van der Waals surface area contributed by atoms with Crippen molar-refractivity contribution in [2.45, 2.75) is 6.92 Å². The third kappa shape index (κ3) is 1.94. The molecule has 1 N–H and O–H groups in total. The number of benzene rings is 1. The zero-order valence-corrected chi connectivity index (χ0v) is 8.84. The van der Waals surface area contributed by atoms with E-state index in [0.29, 0.717) is 22.5 Å². The number of hydrogen-bond acceptors (Lipinski definition) is 3. The first-order chi connectivity index (χ1) is 7.20. The first-order valence-electron chi connectivity index (χ1n) is 4.53. The van der Waals surface area contributed by atoms with Crippen LogP contribution in [0.1, 0.15) is 6.92 Å². The molecule has 1 aromatic heterocycles. The average Bonchev–Trinajstić information content (AvgIpc) is 2.20. The van der Waals surface area contributed by atoms with Crippen LogP contribution in [0.5, 0.6) is 6.01 Å². The third-order valence-corrected chi connectivity index (χ3v) is 2.16. The Kier molecular flexibility index (Phi) is 2.60. The van der Waals surface area contributed by atoms with Gasteiger partial charge in [-0.3, -0.25) is 9.78 Å². The van der Waals surface area contributed by atoms with Crippen molar-refractivity contribution in [3.63, 3.8) is 0 Å². The molecule has 0 atom stereocenters. The molecule has 1 heterocycles. The van der Waals surface area contributed by atoms with E-state index in [1.807, 2.05) is 6.92 Å². The Hall–Kier alpha value is -1.55. The molecule has 1 aromatic carbocycles. The predicted octanol–water partition coefficient (Wildman–Crippen LogP) is 1.98. The first kappa shape index (κ1) is 9.98. The van der Waals surface area contributed by atoms with E-state index in [4.69, 9.17) is 16.3 Å². The van der Waals surface area contributed by atoms with Crippen molar-refractivity contribution in [3.8, 4) is 6.01 Å². The number of aromatic nitrogens is 2. The number of hydrogen-bond donors (Lipinski definition) is 1. The highest BCUT2D eigenvalue weighted by Crippen LogP contribution is 2.15. The zero-order chi connectivity index (χ0) is 10.8. The van der Waals surface area contributed by atoms with Gasteiger partial charge in [-0.2, -0.15) is 4.98 Å².